The van der Waals surface area contributed by atoms with Gasteiger partial charge in [0.2, 0.25) is 5.91 Å². The predicted molar refractivity (Wildman–Crippen MR) is 110 cm³/mol. The quantitative estimate of drug-likeness (QED) is 0.529. The van der Waals surface area contributed by atoms with Gasteiger partial charge in [0, 0.05) is 21.4 Å². The van der Waals surface area contributed by atoms with Crippen LogP contribution in [0.15, 0.2) is 58.3 Å². The molecule has 1 unspecified atom stereocenters. The number of benzene rings is 1. The molecule has 0 saturated heterocycles. The van der Waals surface area contributed by atoms with Crippen LogP contribution in [0.2, 0.25) is 0 Å². The van der Waals surface area contributed by atoms with Crippen molar-refractivity contribution in [2.24, 2.45) is 0 Å². The molecule has 0 bridgehead atoms. The Hall–Kier alpha value is -3.35. The van der Waals surface area contributed by atoms with Crippen LogP contribution in [0, 0.1) is 17.1 Å². The third-order valence-corrected chi connectivity index (χ3v) is 6.10. The molecule has 3 heterocycles. The summed E-state index contributed by atoms with van der Waals surface area (Å²) in [6.07, 6.45) is 1.31. The smallest absolute Gasteiger partial charge is 0.263 e. The summed E-state index contributed by atoms with van der Waals surface area (Å²) in [5.74, 6) is -1.17. The first-order chi connectivity index (χ1) is 14.1. The Balaban J connectivity index is 1.61. The predicted octanol–water partition coefficient (Wildman–Crippen LogP) is 3.71. The molecular formula is C20H13FN4O2S2. The first kappa shape index (κ1) is 19.0. The van der Waals surface area contributed by atoms with Gasteiger partial charge in [0.05, 0.1) is 17.8 Å². The van der Waals surface area contributed by atoms with E-state index in [-0.39, 0.29) is 17.7 Å². The molecule has 0 fully saturated rings. The van der Waals surface area contributed by atoms with Crippen molar-refractivity contribution in [2.75, 3.05) is 0 Å². The SMILES string of the molecule is N#CC(NC(=O)Cn1cnc2scc(-c3cccs3)c2c1=O)c1ccccc1F. The maximum atomic E-state index is 13.9. The van der Waals surface area contributed by atoms with Gasteiger partial charge in [0.25, 0.3) is 5.56 Å². The fourth-order valence-corrected chi connectivity index (χ4v) is 4.66. The molecule has 9 heteroatoms. The van der Waals surface area contributed by atoms with Gasteiger partial charge in [-0.25, -0.2) is 9.37 Å². The monoisotopic (exact) mass is 424 g/mol. The lowest BCUT2D eigenvalue weighted by atomic mass is 10.1. The van der Waals surface area contributed by atoms with Crippen molar-refractivity contribution in [3.8, 4) is 16.5 Å². The number of nitrogens with one attached hydrogen (secondary N) is 1. The van der Waals surface area contributed by atoms with Crippen molar-refractivity contribution in [1.82, 2.24) is 14.9 Å². The van der Waals surface area contributed by atoms with E-state index in [0.717, 1.165) is 10.4 Å². The molecule has 1 N–H and O–H groups in total. The Morgan fingerprint density at radius 3 is 2.83 bits per heavy atom. The fraction of sp³-hybridized carbons (Fsp3) is 0.100. The van der Waals surface area contributed by atoms with Crippen LogP contribution >= 0.6 is 22.7 Å². The number of carbonyl (C=O) groups excluding carboxylic acids is 1. The number of carbonyl (C=O) groups is 1. The van der Waals surface area contributed by atoms with E-state index in [1.807, 2.05) is 29.0 Å². The summed E-state index contributed by atoms with van der Waals surface area (Å²) in [4.78, 5) is 31.2. The number of hydrogen-bond donors (Lipinski definition) is 1. The molecule has 0 saturated carbocycles. The van der Waals surface area contributed by atoms with Gasteiger partial charge in [-0.05, 0) is 17.5 Å². The molecule has 4 aromatic rings. The Kier molecular flexibility index (Phi) is 5.20. The Labute approximate surface area is 172 Å². The second-order valence-electron chi connectivity index (χ2n) is 6.14. The van der Waals surface area contributed by atoms with Gasteiger partial charge >= 0.3 is 0 Å². The molecule has 0 aliphatic carbocycles. The highest BCUT2D eigenvalue weighted by Crippen LogP contribution is 2.33. The highest BCUT2D eigenvalue weighted by atomic mass is 32.1. The van der Waals surface area contributed by atoms with Crippen molar-refractivity contribution in [3.63, 3.8) is 0 Å². The first-order valence-electron chi connectivity index (χ1n) is 8.52. The highest BCUT2D eigenvalue weighted by Gasteiger charge is 2.19. The van der Waals surface area contributed by atoms with Crippen LogP contribution in [0.25, 0.3) is 20.7 Å². The normalized spacial score (nSPS) is 11.9. The van der Waals surface area contributed by atoms with Gasteiger partial charge in [-0.2, -0.15) is 5.26 Å². The largest absolute Gasteiger partial charge is 0.335 e. The van der Waals surface area contributed by atoms with Crippen LogP contribution in [-0.2, 0) is 11.3 Å². The molecule has 29 heavy (non-hydrogen) atoms. The Morgan fingerprint density at radius 2 is 2.10 bits per heavy atom. The summed E-state index contributed by atoms with van der Waals surface area (Å²) >= 11 is 2.88. The summed E-state index contributed by atoms with van der Waals surface area (Å²) in [6.45, 7) is -0.325. The molecule has 0 aliphatic heterocycles. The molecule has 6 nitrogen and oxygen atoms in total. The van der Waals surface area contributed by atoms with Crippen molar-refractivity contribution in [1.29, 1.82) is 5.26 Å². The lowest BCUT2D eigenvalue weighted by Gasteiger charge is -2.13. The Morgan fingerprint density at radius 1 is 1.28 bits per heavy atom. The van der Waals surface area contributed by atoms with E-state index in [9.17, 15) is 19.2 Å². The van der Waals surface area contributed by atoms with Crippen LogP contribution < -0.4 is 10.9 Å². The van der Waals surface area contributed by atoms with Crippen LogP contribution in [-0.4, -0.2) is 15.5 Å². The van der Waals surface area contributed by atoms with Crippen molar-refractivity contribution in [3.05, 3.63) is 75.2 Å². The number of nitrogens with zero attached hydrogens (tertiary/aromatic N) is 3. The van der Waals surface area contributed by atoms with Gasteiger partial charge in [0.1, 0.15) is 23.2 Å². The number of aromatic nitrogens is 2. The lowest BCUT2D eigenvalue weighted by molar-refractivity contribution is -0.122. The molecule has 1 aromatic carbocycles. The van der Waals surface area contributed by atoms with E-state index in [1.54, 1.807) is 6.07 Å². The van der Waals surface area contributed by atoms with Crippen molar-refractivity contribution in [2.45, 2.75) is 12.6 Å². The van der Waals surface area contributed by atoms with E-state index < -0.39 is 17.8 Å². The maximum absolute atomic E-state index is 13.9. The number of amides is 1. The minimum atomic E-state index is -1.15. The summed E-state index contributed by atoms with van der Waals surface area (Å²) < 4.78 is 15.1. The van der Waals surface area contributed by atoms with Gasteiger partial charge in [-0.15, -0.1) is 22.7 Å². The molecule has 144 valence electrons. The molecule has 0 aliphatic rings. The molecule has 0 radical (unpaired) electrons. The van der Waals surface area contributed by atoms with E-state index in [0.29, 0.717) is 10.2 Å². The molecule has 3 aromatic heterocycles. The van der Waals surface area contributed by atoms with Crippen LogP contribution in [0.5, 0.6) is 0 Å². The van der Waals surface area contributed by atoms with Gasteiger partial charge in [0.15, 0.2) is 0 Å². The molecule has 1 atom stereocenters. The van der Waals surface area contributed by atoms with E-state index in [4.69, 9.17) is 0 Å². The molecule has 0 spiro atoms. The topological polar surface area (TPSA) is 87.8 Å². The summed E-state index contributed by atoms with van der Waals surface area (Å²) in [6, 6.07) is 10.3. The molecule has 4 rings (SSSR count). The fourth-order valence-electron chi connectivity index (χ4n) is 2.94. The number of hydrogen-bond acceptors (Lipinski definition) is 6. The zero-order valence-corrected chi connectivity index (χ0v) is 16.5. The summed E-state index contributed by atoms with van der Waals surface area (Å²) in [7, 11) is 0. The third-order valence-electron chi connectivity index (χ3n) is 4.31. The van der Waals surface area contributed by atoms with Crippen LogP contribution in [0.1, 0.15) is 11.6 Å². The average Bonchev–Trinajstić information content (AvgIpc) is 3.38. The second kappa shape index (κ2) is 7.95. The van der Waals surface area contributed by atoms with E-state index in [1.165, 1.54) is 51.8 Å². The summed E-state index contributed by atoms with van der Waals surface area (Å²) in [5, 5.41) is 16.0. The molecular weight excluding hydrogens is 411 g/mol. The number of fused-ring (bicyclic) bond motifs is 1. The minimum Gasteiger partial charge on any atom is -0.335 e. The number of rotatable bonds is 5. The zero-order chi connectivity index (χ0) is 20.4. The van der Waals surface area contributed by atoms with Crippen molar-refractivity contribution >= 4 is 38.8 Å². The van der Waals surface area contributed by atoms with Crippen molar-refractivity contribution < 1.29 is 9.18 Å². The van der Waals surface area contributed by atoms with E-state index >= 15 is 0 Å². The molecule has 1 amide bonds. The van der Waals surface area contributed by atoms with E-state index in [2.05, 4.69) is 10.3 Å². The minimum absolute atomic E-state index is 0.0714. The number of halogens is 1. The van der Waals surface area contributed by atoms with Crippen LogP contribution in [0.4, 0.5) is 4.39 Å². The standard InChI is InChI=1S/C20H13FN4O2S2/c21-14-5-2-1-4-12(14)15(8-22)24-17(26)9-25-11-23-19-18(20(25)27)13(10-29-19)16-6-3-7-28-16/h1-7,10-11,15H,9H2,(H,24,26). The van der Waals surface area contributed by atoms with Gasteiger partial charge < -0.3 is 5.32 Å². The van der Waals surface area contributed by atoms with Gasteiger partial charge in [-0.1, -0.05) is 24.3 Å². The third kappa shape index (κ3) is 3.68. The zero-order valence-electron chi connectivity index (χ0n) is 14.8. The average molecular weight is 424 g/mol. The highest BCUT2D eigenvalue weighted by molar-refractivity contribution is 7.18. The summed E-state index contributed by atoms with van der Waals surface area (Å²) in [5.41, 5.74) is 0.518. The lowest BCUT2D eigenvalue weighted by Crippen LogP contribution is -2.34. The first-order valence-corrected chi connectivity index (χ1v) is 10.3. The number of nitriles is 1. The Bertz CT molecular complexity index is 1290. The second-order valence-corrected chi connectivity index (χ2v) is 7.94. The maximum Gasteiger partial charge on any atom is 0.263 e. The van der Waals surface area contributed by atoms with Crippen LogP contribution in [0.3, 0.4) is 0 Å². The van der Waals surface area contributed by atoms with Gasteiger partial charge in [-0.3, -0.25) is 14.2 Å². The number of thiophene rings is 2.